The van der Waals surface area contributed by atoms with E-state index in [1.54, 1.807) is 5.32 Å². The smallest absolute Gasteiger partial charge is 0.345 e. The van der Waals surface area contributed by atoms with Crippen molar-refractivity contribution in [1.29, 1.82) is 0 Å². The summed E-state index contributed by atoms with van der Waals surface area (Å²) in [5.74, 6) is -1.08. The highest BCUT2D eigenvalue weighted by atomic mass is 19.4. The number of nitrogens with zero attached hydrogens (tertiary/aromatic N) is 1. The Hall–Kier alpha value is -1.31. The van der Waals surface area contributed by atoms with Crippen LogP contribution in [-0.2, 0) is 9.59 Å². The molecule has 1 heterocycles. The van der Waals surface area contributed by atoms with E-state index in [9.17, 15) is 22.8 Å². The summed E-state index contributed by atoms with van der Waals surface area (Å²) in [6, 6.07) is -0.339. The number of halogens is 3. The largest absolute Gasteiger partial charge is 0.405 e. The van der Waals surface area contributed by atoms with Crippen LogP contribution < -0.4 is 10.6 Å². The number of alkyl halides is 3. The lowest BCUT2D eigenvalue weighted by Gasteiger charge is -2.27. The summed E-state index contributed by atoms with van der Waals surface area (Å²) in [6.45, 7) is -1.01. The van der Waals surface area contributed by atoms with Crippen molar-refractivity contribution in [3.05, 3.63) is 0 Å². The molecule has 0 spiro atoms. The number of hydrogen-bond donors (Lipinski definition) is 2. The first-order valence-corrected chi connectivity index (χ1v) is 6.11. The number of piperidine rings is 1. The fraction of sp³-hybridized carbons (Fsp3) is 0.818. The van der Waals surface area contributed by atoms with Gasteiger partial charge in [-0.1, -0.05) is 6.42 Å². The van der Waals surface area contributed by atoms with Gasteiger partial charge >= 0.3 is 6.18 Å². The average Bonchev–Trinajstić information content (AvgIpc) is 2.35. The van der Waals surface area contributed by atoms with E-state index in [-0.39, 0.29) is 18.5 Å². The Balaban J connectivity index is 2.34. The van der Waals surface area contributed by atoms with Gasteiger partial charge in [-0.25, -0.2) is 0 Å². The molecular formula is C11H18F3N3O2. The Bertz CT molecular complexity index is 328. The van der Waals surface area contributed by atoms with Crippen LogP contribution in [0.2, 0.25) is 0 Å². The monoisotopic (exact) mass is 281 g/mol. The van der Waals surface area contributed by atoms with Crippen molar-refractivity contribution in [2.45, 2.75) is 31.5 Å². The van der Waals surface area contributed by atoms with Crippen LogP contribution >= 0.6 is 0 Å². The Labute approximate surface area is 109 Å². The molecule has 1 atom stereocenters. The zero-order valence-electron chi connectivity index (χ0n) is 10.7. The molecule has 110 valence electrons. The zero-order valence-corrected chi connectivity index (χ0v) is 10.7. The highest BCUT2D eigenvalue weighted by Crippen LogP contribution is 2.12. The lowest BCUT2D eigenvalue weighted by Crippen LogP contribution is -2.50. The quantitative estimate of drug-likeness (QED) is 0.777. The molecule has 1 unspecified atom stereocenters. The third-order valence-corrected chi connectivity index (χ3v) is 2.85. The van der Waals surface area contributed by atoms with Crippen molar-refractivity contribution >= 4 is 11.8 Å². The lowest BCUT2D eigenvalue weighted by atomic mass is 10.0. The summed E-state index contributed by atoms with van der Waals surface area (Å²) >= 11 is 0. The highest BCUT2D eigenvalue weighted by Gasteiger charge is 2.29. The molecule has 1 fully saturated rings. The maximum absolute atomic E-state index is 11.9. The van der Waals surface area contributed by atoms with Gasteiger partial charge < -0.3 is 15.5 Å². The van der Waals surface area contributed by atoms with Gasteiger partial charge in [-0.15, -0.1) is 0 Å². The molecule has 19 heavy (non-hydrogen) atoms. The second-order valence-corrected chi connectivity index (χ2v) is 4.59. The maximum Gasteiger partial charge on any atom is 0.405 e. The van der Waals surface area contributed by atoms with Crippen LogP contribution in [0.5, 0.6) is 0 Å². The fourth-order valence-electron chi connectivity index (χ4n) is 1.88. The highest BCUT2D eigenvalue weighted by molar-refractivity contribution is 5.87. The summed E-state index contributed by atoms with van der Waals surface area (Å²) < 4.78 is 35.7. The molecule has 0 saturated carbocycles. The first-order chi connectivity index (χ1) is 8.79. The van der Waals surface area contributed by atoms with E-state index < -0.39 is 18.6 Å². The van der Waals surface area contributed by atoms with E-state index in [2.05, 4.69) is 5.32 Å². The van der Waals surface area contributed by atoms with Gasteiger partial charge in [-0.3, -0.25) is 9.59 Å². The lowest BCUT2D eigenvalue weighted by molar-refractivity contribution is -0.142. The number of amides is 2. The van der Waals surface area contributed by atoms with Crippen LogP contribution in [0.15, 0.2) is 0 Å². The van der Waals surface area contributed by atoms with Gasteiger partial charge in [-0.05, 0) is 19.4 Å². The van der Waals surface area contributed by atoms with Gasteiger partial charge in [0.15, 0.2) is 0 Å². The zero-order chi connectivity index (χ0) is 14.5. The number of carbonyl (C=O) groups is 2. The Morgan fingerprint density at radius 2 is 2.05 bits per heavy atom. The van der Waals surface area contributed by atoms with Crippen LogP contribution in [-0.4, -0.2) is 55.6 Å². The molecule has 0 aromatic heterocycles. The molecule has 8 heteroatoms. The average molecular weight is 281 g/mol. The molecule has 2 N–H and O–H groups in total. The molecule has 5 nitrogen and oxygen atoms in total. The second kappa shape index (κ2) is 6.74. The normalized spacial score (nSPS) is 19.9. The first-order valence-electron chi connectivity index (χ1n) is 6.11. The number of nitrogens with one attached hydrogen (secondary N) is 2. The first kappa shape index (κ1) is 15.7. The maximum atomic E-state index is 11.9. The van der Waals surface area contributed by atoms with E-state index in [0.717, 1.165) is 24.3 Å². The molecule has 1 rings (SSSR count). The van der Waals surface area contributed by atoms with Crippen molar-refractivity contribution in [3.8, 4) is 0 Å². The summed E-state index contributed by atoms with van der Waals surface area (Å²) in [5.41, 5.74) is 0. The van der Waals surface area contributed by atoms with Gasteiger partial charge in [0, 0.05) is 7.05 Å². The SMILES string of the molecule is CN(CC(=O)NCC(F)(F)F)C(=O)C1CCCCN1. The molecular weight excluding hydrogens is 263 g/mol. The van der Waals surface area contributed by atoms with E-state index >= 15 is 0 Å². The summed E-state index contributed by atoms with van der Waals surface area (Å²) in [5, 5.41) is 4.76. The summed E-state index contributed by atoms with van der Waals surface area (Å²) in [4.78, 5) is 24.3. The molecule has 1 saturated heterocycles. The van der Waals surface area contributed by atoms with E-state index in [0.29, 0.717) is 6.42 Å². The van der Waals surface area contributed by atoms with Crippen LogP contribution in [0.4, 0.5) is 13.2 Å². The van der Waals surface area contributed by atoms with Gasteiger partial charge in [0.05, 0.1) is 12.6 Å². The van der Waals surface area contributed by atoms with E-state index in [1.807, 2.05) is 0 Å². The topological polar surface area (TPSA) is 61.4 Å². The fourth-order valence-corrected chi connectivity index (χ4v) is 1.88. The molecule has 2 amide bonds. The Kier molecular flexibility index (Phi) is 5.59. The second-order valence-electron chi connectivity index (χ2n) is 4.59. The van der Waals surface area contributed by atoms with Crippen molar-refractivity contribution < 1.29 is 22.8 Å². The predicted octanol–water partition coefficient (Wildman–Crippen LogP) is 0.265. The predicted molar refractivity (Wildman–Crippen MR) is 62.3 cm³/mol. The van der Waals surface area contributed by atoms with Crippen LogP contribution in [0.1, 0.15) is 19.3 Å². The van der Waals surface area contributed by atoms with Crippen molar-refractivity contribution in [2.24, 2.45) is 0 Å². The van der Waals surface area contributed by atoms with Gasteiger partial charge in [0.2, 0.25) is 11.8 Å². The van der Waals surface area contributed by atoms with Crippen molar-refractivity contribution in [1.82, 2.24) is 15.5 Å². The van der Waals surface area contributed by atoms with Gasteiger partial charge in [-0.2, -0.15) is 13.2 Å². The van der Waals surface area contributed by atoms with Crippen LogP contribution in [0.3, 0.4) is 0 Å². The van der Waals surface area contributed by atoms with Gasteiger partial charge in [0.25, 0.3) is 0 Å². The summed E-state index contributed by atoms with van der Waals surface area (Å²) in [7, 11) is 1.41. The minimum atomic E-state index is -4.44. The number of likely N-dealkylation sites (N-methyl/N-ethyl adjacent to an activating group) is 1. The molecule has 0 aromatic carbocycles. The van der Waals surface area contributed by atoms with Crippen LogP contribution in [0.25, 0.3) is 0 Å². The molecule has 0 aliphatic carbocycles. The number of rotatable bonds is 4. The van der Waals surface area contributed by atoms with Crippen LogP contribution in [0, 0.1) is 0 Å². The van der Waals surface area contributed by atoms with E-state index in [1.165, 1.54) is 7.05 Å². The van der Waals surface area contributed by atoms with Crippen molar-refractivity contribution in [2.75, 3.05) is 26.7 Å². The minimum absolute atomic E-state index is 0.262. The minimum Gasteiger partial charge on any atom is -0.345 e. The number of carbonyl (C=O) groups excluding carboxylic acids is 2. The Morgan fingerprint density at radius 3 is 2.58 bits per heavy atom. The third kappa shape index (κ3) is 5.91. The van der Waals surface area contributed by atoms with E-state index in [4.69, 9.17) is 0 Å². The Morgan fingerprint density at radius 1 is 1.37 bits per heavy atom. The number of hydrogen-bond acceptors (Lipinski definition) is 3. The molecule has 0 radical (unpaired) electrons. The third-order valence-electron chi connectivity index (χ3n) is 2.85. The molecule has 0 aromatic rings. The van der Waals surface area contributed by atoms with Crippen molar-refractivity contribution in [3.63, 3.8) is 0 Å². The molecule has 0 bridgehead atoms. The summed E-state index contributed by atoms with van der Waals surface area (Å²) in [6.07, 6.45) is -1.83. The molecule has 1 aliphatic rings. The standard InChI is InChI=1S/C11H18F3N3O2/c1-17(6-9(18)16-7-11(12,13)14)10(19)8-4-2-3-5-15-8/h8,15H,2-7H2,1H3,(H,16,18). The molecule has 1 aliphatic heterocycles. The van der Waals surface area contributed by atoms with Gasteiger partial charge in [0.1, 0.15) is 6.54 Å².